The number of amides is 2. The van der Waals surface area contributed by atoms with Crippen LogP contribution in [0.4, 0.5) is 16.2 Å². The third-order valence-corrected chi connectivity index (χ3v) is 3.44. The molecule has 0 fully saturated rings. The molecule has 0 aliphatic heterocycles. The maximum atomic E-state index is 12.1. The lowest BCUT2D eigenvalue weighted by molar-refractivity contribution is 0.247. The van der Waals surface area contributed by atoms with E-state index in [4.69, 9.17) is 5.73 Å². The molecule has 0 atom stereocenters. The Kier molecular flexibility index (Phi) is 4.63. The molecule has 0 unspecified atom stereocenters. The van der Waals surface area contributed by atoms with Crippen LogP contribution in [0.15, 0.2) is 53.0 Å². The first-order valence-electron chi connectivity index (χ1n) is 6.18. The van der Waals surface area contributed by atoms with Crippen molar-refractivity contribution in [1.29, 1.82) is 0 Å². The monoisotopic (exact) mass is 333 g/mol. The lowest BCUT2D eigenvalue weighted by Crippen LogP contribution is -2.37. The molecule has 0 radical (unpaired) electrons. The number of nitrogens with one attached hydrogen (secondary N) is 1. The largest absolute Gasteiger partial charge is 0.397 e. The summed E-state index contributed by atoms with van der Waals surface area (Å²) in [7, 11) is 1.69. The van der Waals surface area contributed by atoms with Crippen molar-refractivity contribution in [2.24, 2.45) is 0 Å². The molecule has 4 nitrogen and oxygen atoms in total. The third kappa shape index (κ3) is 3.51. The van der Waals surface area contributed by atoms with E-state index in [1.807, 2.05) is 42.5 Å². The van der Waals surface area contributed by atoms with Gasteiger partial charge in [-0.2, -0.15) is 0 Å². The van der Waals surface area contributed by atoms with Crippen molar-refractivity contribution in [3.63, 3.8) is 0 Å². The summed E-state index contributed by atoms with van der Waals surface area (Å²) in [4.78, 5) is 13.6. The number of nitrogens with two attached hydrogens (primary N) is 1. The van der Waals surface area contributed by atoms with Crippen molar-refractivity contribution in [2.75, 3.05) is 17.7 Å². The zero-order valence-corrected chi connectivity index (χ0v) is 12.7. The van der Waals surface area contributed by atoms with Gasteiger partial charge in [-0.25, -0.2) is 4.79 Å². The highest BCUT2D eigenvalue weighted by molar-refractivity contribution is 9.10. The number of carbonyl (C=O) groups excluding carboxylic acids is 1. The molecule has 0 spiro atoms. The number of hydrogen-bond donors (Lipinski definition) is 2. The summed E-state index contributed by atoms with van der Waals surface area (Å²) in [6, 6.07) is 15.0. The molecule has 2 aromatic carbocycles. The molecule has 0 aromatic heterocycles. The molecule has 0 bridgehead atoms. The molecule has 104 valence electrons. The van der Waals surface area contributed by atoms with Crippen LogP contribution in [0.1, 0.15) is 5.56 Å². The molecule has 0 aliphatic rings. The number of nitrogens with zero attached hydrogens (tertiary/aromatic N) is 1. The average Bonchev–Trinajstić information content (AvgIpc) is 2.45. The van der Waals surface area contributed by atoms with Crippen LogP contribution in [0, 0.1) is 0 Å². The SMILES string of the molecule is CN(C(=O)NCc1ccccc1)c1ccc(Br)cc1N. The molecular weight excluding hydrogens is 318 g/mol. The Morgan fingerprint density at radius 3 is 2.60 bits per heavy atom. The molecule has 0 saturated carbocycles. The summed E-state index contributed by atoms with van der Waals surface area (Å²) >= 11 is 3.34. The Hall–Kier alpha value is -2.01. The van der Waals surface area contributed by atoms with Crippen LogP contribution in [-0.4, -0.2) is 13.1 Å². The molecule has 2 rings (SSSR count). The normalized spacial score (nSPS) is 10.1. The fraction of sp³-hybridized carbons (Fsp3) is 0.133. The number of hydrogen-bond acceptors (Lipinski definition) is 2. The van der Waals surface area contributed by atoms with Crippen molar-refractivity contribution in [2.45, 2.75) is 6.54 Å². The van der Waals surface area contributed by atoms with Gasteiger partial charge in [0.2, 0.25) is 0 Å². The molecule has 0 aliphatic carbocycles. The van der Waals surface area contributed by atoms with E-state index in [2.05, 4.69) is 21.2 Å². The molecule has 2 aromatic rings. The third-order valence-electron chi connectivity index (χ3n) is 2.94. The minimum Gasteiger partial charge on any atom is -0.397 e. The van der Waals surface area contributed by atoms with Gasteiger partial charge in [-0.15, -0.1) is 0 Å². The van der Waals surface area contributed by atoms with Gasteiger partial charge >= 0.3 is 6.03 Å². The second-order valence-electron chi connectivity index (χ2n) is 4.41. The number of urea groups is 1. The van der Waals surface area contributed by atoms with Gasteiger partial charge in [-0.3, -0.25) is 4.90 Å². The maximum Gasteiger partial charge on any atom is 0.321 e. The number of carbonyl (C=O) groups is 1. The standard InChI is InChI=1S/C15H16BrN3O/c1-19(14-8-7-12(16)9-13(14)17)15(20)18-10-11-5-3-2-4-6-11/h2-9H,10,17H2,1H3,(H,18,20). The molecule has 5 heteroatoms. The number of anilines is 2. The fourth-order valence-corrected chi connectivity index (χ4v) is 2.21. The van der Waals surface area contributed by atoms with Gasteiger partial charge in [0.15, 0.2) is 0 Å². The maximum absolute atomic E-state index is 12.1. The number of nitrogen functional groups attached to an aromatic ring is 1. The lowest BCUT2D eigenvalue weighted by atomic mass is 10.2. The van der Waals surface area contributed by atoms with Gasteiger partial charge in [-0.05, 0) is 23.8 Å². The molecule has 3 N–H and O–H groups in total. The van der Waals surface area contributed by atoms with E-state index in [1.165, 1.54) is 4.90 Å². The minimum atomic E-state index is -0.192. The van der Waals surface area contributed by atoms with E-state index in [0.717, 1.165) is 10.0 Å². The summed E-state index contributed by atoms with van der Waals surface area (Å²) in [6.45, 7) is 0.487. The molecule has 2 amide bonds. The summed E-state index contributed by atoms with van der Waals surface area (Å²) < 4.78 is 0.886. The van der Waals surface area contributed by atoms with Crippen LogP contribution in [-0.2, 0) is 6.54 Å². The van der Waals surface area contributed by atoms with Crippen molar-refractivity contribution >= 4 is 33.3 Å². The number of rotatable bonds is 3. The topological polar surface area (TPSA) is 58.4 Å². The van der Waals surface area contributed by atoms with Crippen molar-refractivity contribution in [3.8, 4) is 0 Å². The molecular formula is C15H16BrN3O. The predicted octanol–water partition coefficient (Wildman–Crippen LogP) is 3.38. The Bertz CT molecular complexity index is 601. The summed E-state index contributed by atoms with van der Waals surface area (Å²) in [5, 5.41) is 2.86. The molecule has 0 saturated heterocycles. The highest BCUT2D eigenvalue weighted by Gasteiger charge is 2.13. The number of benzene rings is 2. The smallest absolute Gasteiger partial charge is 0.321 e. The first-order chi connectivity index (χ1) is 9.58. The van der Waals surface area contributed by atoms with Gasteiger partial charge in [0.05, 0.1) is 11.4 Å². The quantitative estimate of drug-likeness (QED) is 0.846. The molecule has 20 heavy (non-hydrogen) atoms. The highest BCUT2D eigenvalue weighted by Crippen LogP contribution is 2.25. The van der Waals surface area contributed by atoms with Gasteiger partial charge in [0, 0.05) is 18.1 Å². The van der Waals surface area contributed by atoms with Gasteiger partial charge < -0.3 is 11.1 Å². The zero-order valence-electron chi connectivity index (χ0n) is 11.1. The summed E-state index contributed by atoms with van der Waals surface area (Å²) in [5.74, 6) is 0. The van der Waals surface area contributed by atoms with E-state index >= 15 is 0 Å². The second kappa shape index (κ2) is 6.43. The van der Waals surface area contributed by atoms with E-state index < -0.39 is 0 Å². The van der Waals surface area contributed by atoms with Crippen LogP contribution in [0.3, 0.4) is 0 Å². The highest BCUT2D eigenvalue weighted by atomic mass is 79.9. The predicted molar refractivity (Wildman–Crippen MR) is 85.6 cm³/mol. The van der Waals surface area contributed by atoms with E-state index in [0.29, 0.717) is 17.9 Å². The van der Waals surface area contributed by atoms with E-state index in [9.17, 15) is 4.79 Å². The van der Waals surface area contributed by atoms with E-state index in [1.54, 1.807) is 13.1 Å². The van der Waals surface area contributed by atoms with Crippen molar-refractivity contribution in [3.05, 3.63) is 58.6 Å². The van der Waals surface area contributed by atoms with Crippen LogP contribution >= 0.6 is 15.9 Å². The number of halogens is 1. The van der Waals surface area contributed by atoms with Crippen LogP contribution < -0.4 is 16.0 Å². The average molecular weight is 334 g/mol. The lowest BCUT2D eigenvalue weighted by Gasteiger charge is -2.20. The van der Waals surface area contributed by atoms with Gasteiger partial charge in [-0.1, -0.05) is 46.3 Å². The Morgan fingerprint density at radius 1 is 1.25 bits per heavy atom. The Morgan fingerprint density at radius 2 is 1.95 bits per heavy atom. The van der Waals surface area contributed by atoms with Crippen LogP contribution in [0.2, 0.25) is 0 Å². The summed E-state index contributed by atoms with van der Waals surface area (Å²) in [6.07, 6.45) is 0. The van der Waals surface area contributed by atoms with Crippen molar-refractivity contribution in [1.82, 2.24) is 5.32 Å². The van der Waals surface area contributed by atoms with Crippen LogP contribution in [0.25, 0.3) is 0 Å². The minimum absolute atomic E-state index is 0.192. The van der Waals surface area contributed by atoms with Gasteiger partial charge in [0.25, 0.3) is 0 Å². The first-order valence-corrected chi connectivity index (χ1v) is 6.98. The van der Waals surface area contributed by atoms with E-state index in [-0.39, 0.29) is 6.03 Å². The Labute approximate surface area is 126 Å². The summed E-state index contributed by atoms with van der Waals surface area (Å²) in [5.41, 5.74) is 8.20. The Balaban J connectivity index is 2.01. The van der Waals surface area contributed by atoms with Crippen molar-refractivity contribution < 1.29 is 4.79 Å². The second-order valence-corrected chi connectivity index (χ2v) is 5.32. The van der Waals surface area contributed by atoms with Gasteiger partial charge in [0.1, 0.15) is 0 Å². The molecule has 0 heterocycles. The zero-order chi connectivity index (χ0) is 14.5. The first kappa shape index (κ1) is 14.4. The fourth-order valence-electron chi connectivity index (χ4n) is 1.83. The van der Waals surface area contributed by atoms with Crippen LogP contribution in [0.5, 0.6) is 0 Å².